The Hall–Kier alpha value is -1.05. The molecule has 0 amide bonds. The molecule has 0 saturated carbocycles. The fourth-order valence-corrected chi connectivity index (χ4v) is 2.73. The summed E-state index contributed by atoms with van der Waals surface area (Å²) in [6.07, 6.45) is -2.69. The first-order chi connectivity index (χ1) is 9.86. The van der Waals surface area contributed by atoms with Crippen molar-refractivity contribution in [3.05, 3.63) is 58.2 Å². The molecule has 0 aliphatic heterocycles. The molecule has 1 aromatic carbocycles. The van der Waals surface area contributed by atoms with Gasteiger partial charge in [-0.1, -0.05) is 12.1 Å². The summed E-state index contributed by atoms with van der Waals surface area (Å²) < 4.78 is 38.8. The van der Waals surface area contributed by atoms with Gasteiger partial charge in [0.1, 0.15) is 0 Å². The molecule has 0 radical (unpaired) electrons. The van der Waals surface area contributed by atoms with Crippen LogP contribution in [0.15, 0.2) is 52.1 Å². The number of nitrogens with zero attached hydrogens (tertiary/aromatic N) is 1. The average molecular weight is 377 g/mol. The SMILES string of the molecule is NC(CSc1ccc(Br)cn1)c1cccc(C(F)(F)F)c1. The minimum absolute atomic E-state index is 0.454. The van der Waals surface area contributed by atoms with Gasteiger partial charge in [0.15, 0.2) is 0 Å². The van der Waals surface area contributed by atoms with Gasteiger partial charge in [-0.15, -0.1) is 11.8 Å². The summed E-state index contributed by atoms with van der Waals surface area (Å²) in [6, 6.07) is 8.32. The van der Waals surface area contributed by atoms with Crippen LogP contribution in [0.25, 0.3) is 0 Å². The molecule has 112 valence electrons. The largest absolute Gasteiger partial charge is 0.416 e. The molecule has 1 heterocycles. The second-order valence-electron chi connectivity index (χ2n) is 4.36. The molecule has 1 atom stereocenters. The van der Waals surface area contributed by atoms with Crippen LogP contribution in [-0.4, -0.2) is 10.7 Å². The van der Waals surface area contributed by atoms with Crippen LogP contribution in [0, 0.1) is 0 Å². The zero-order chi connectivity index (χ0) is 15.5. The van der Waals surface area contributed by atoms with Gasteiger partial charge in [-0.25, -0.2) is 4.98 Å². The molecular weight excluding hydrogens is 365 g/mol. The highest BCUT2D eigenvalue weighted by Gasteiger charge is 2.30. The number of benzene rings is 1. The van der Waals surface area contributed by atoms with Crippen molar-refractivity contribution in [2.24, 2.45) is 5.73 Å². The van der Waals surface area contributed by atoms with E-state index in [0.29, 0.717) is 11.3 Å². The number of halogens is 4. The smallest absolute Gasteiger partial charge is 0.323 e. The van der Waals surface area contributed by atoms with E-state index in [0.717, 1.165) is 21.6 Å². The van der Waals surface area contributed by atoms with E-state index in [1.54, 1.807) is 12.3 Å². The molecule has 2 aromatic rings. The van der Waals surface area contributed by atoms with Gasteiger partial charge in [0.2, 0.25) is 0 Å². The van der Waals surface area contributed by atoms with E-state index >= 15 is 0 Å². The lowest BCUT2D eigenvalue weighted by Crippen LogP contribution is -2.14. The quantitative estimate of drug-likeness (QED) is 0.788. The fraction of sp³-hybridized carbons (Fsp3) is 0.214. The lowest BCUT2D eigenvalue weighted by Gasteiger charge is -2.14. The standard InChI is InChI=1S/C14H12BrF3N2S/c15-11-4-5-13(20-7-11)21-8-12(19)9-2-1-3-10(6-9)14(16,17)18/h1-7,12H,8,19H2. The lowest BCUT2D eigenvalue weighted by molar-refractivity contribution is -0.137. The highest BCUT2D eigenvalue weighted by atomic mass is 79.9. The monoisotopic (exact) mass is 376 g/mol. The van der Waals surface area contributed by atoms with Crippen LogP contribution in [0.3, 0.4) is 0 Å². The molecular formula is C14H12BrF3N2S. The van der Waals surface area contributed by atoms with Crippen LogP contribution < -0.4 is 5.73 Å². The van der Waals surface area contributed by atoms with Crippen LogP contribution in [0.1, 0.15) is 17.2 Å². The second-order valence-corrected chi connectivity index (χ2v) is 6.31. The van der Waals surface area contributed by atoms with Crippen LogP contribution in [0.4, 0.5) is 13.2 Å². The first-order valence-electron chi connectivity index (χ1n) is 6.03. The molecule has 0 saturated heterocycles. The van der Waals surface area contributed by atoms with E-state index in [-0.39, 0.29) is 0 Å². The van der Waals surface area contributed by atoms with E-state index in [9.17, 15) is 13.2 Å². The predicted molar refractivity (Wildman–Crippen MR) is 81.0 cm³/mol. The Morgan fingerprint density at radius 3 is 2.62 bits per heavy atom. The van der Waals surface area contributed by atoms with E-state index in [1.807, 2.05) is 12.1 Å². The number of hydrogen-bond acceptors (Lipinski definition) is 3. The zero-order valence-corrected chi connectivity index (χ0v) is 13.2. The second kappa shape index (κ2) is 6.81. The van der Waals surface area contributed by atoms with E-state index in [4.69, 9.17) is 5.73 Å². The third kappa shape index (κ3) is 4.72. The van der Waals surface area contributed by atoms with Crippen molar-refractivity contribution < 1.29 is 13.2 Å². The maximum atomic E-state index is 12.7. The summed E-state index contributed by atoms with van der Waals surface area (Å²) in [5, 5.41) is 0.778. The van der Waals surface area contributed by atoms with Crippen LogP contribution in [0.5, 0.6) is 0 Å². The van der Waals surface area contributed by atoms with Crippen molar-refractivity contribution in [3.8, 4) is 0 Å². The Kier molecular flexibility index (Phi) is 5.29. The van der Waals surface area contributed by atoms with Crippen LogP contribution in [0.2, 0.25) is 0 Å². The van der Waals surface area contributed by atoms with Crippen molar-refractivity contribution in [2.45, 2.75) is 17.2 Å². The summed E-state index contributed by atoms with van der Waals surface area (Å²) in [5.41, 5.74) is 5.75. The number of alkyl halides is 3. The summed E-state index contributed by atoms with van der Waals surface area (Å²) in [4.78, 5) is 4.18. The maximum absolute atomic E-state index is 12.7. The Labute approximate surface area is 133 Å². The molecule has 1 aromatic heterocycles. The van der Waals surface area contributed by atoms with Gasteiger partial charge < -0.3 is 5.73 Å². The van der Waals surface area contributed by atoms with Crippen LogP contribution >= 0.6 is 27.7 Å². The summed E-state index contributed by atoms with van der Waals surface area (Å²) in [5.74, 6) is 0.454. The van der Waals surface area contributed by atoms with Crippen molar-refractivity contribution in [3.63, 3.8) is 0 Å². The Balaban J connectivity index is 2.03. The van der Waals surface area contributed by atoms with E-state index in [2.05, 4.69) is 20.9 Å². The van der Waals surface area contributed by atoms with Crippen molar-refractivity contribution >= 4 is 27.7 Å². The molecule has 0 aliphatic carbocycles. The Bertz CT molecular complexity index is 602. The Morgan fingerprint density at radius 2 is 2.00 bits per heavy atom. The predicted octanol–water partition coefficient (Wildman–Crippen LogP) is 4.66. The molecule has 7 heteroatoms. The van der Waals surface area contributed by atoms with Gasteiger partial charge in [-0.2, -0.15) is 13.2 Å². The maximum Gasteiger partial charge on any atom is 0.416 e. The van der Waals surface area contributed by atoms with Gasteiger partial charge in [-0.3, -0.25) is 0 Å². The number of rotatable bonds is 4. The summed E-state index contributed by atoms with van der Waals surface area (Å²) >= 11 is 4.69. The molecule has 0 bridgehead atoms. The van der Waals surface area contributed by atoms with Crippen LogP contribution in [-0.2, 0) is 6.18 Å². The lowest BCUT2D eigenvalue weighted by atomic mass is 10.1. The average Bonchev–Trinajstić information content (AvgIpc) is 2.45. The number of hydrogen-bond donors (Lipinski definition) is 1. The topological polar surface area (TPSA) is 38.9 Å². The zero-order valence-electron chi connectivity index (χ0n) is 10.8. The van der Waals surface area contributed by atoms with E-state index in [1.165, 1.54) is 17.8 Å². The van der Waals surface area contributed by atoms with Gasteiger partial charge in [0.05, 0.1) is 10.6 Å². The molecule has 2 nitrogen and oxygen atoms in total. The first kappa shape index (κ1) is 16.3. The highest BCUT2D eigenvalue weighted by molar-refractivity contribution is 9.10. The molecule has 21 heavy (non-hydrogen) atoms. The number of aromatic nitrogens is 1. The minimum Gasteiger partial charge on any atom is -0.323 e. The summed E-state index contributed by atoms with van der Waals surface area (Å²) in [7, 11) is 0. The fourth-order valence-electron chi connectivity index (χ4n) is 1.66. The van der Waals surface area contributed by atoms with Crippen molar-refractivity contribution in [2.75, 3.05) is 5.75 Å². The van der Waals surface area contributed by atoms with Gasteiger partial charge >= 0.3 is 6.18 Å². The third-order valence-electron chi connectivity index (χ3n) is 2.75. The number of pyridine rings is 1. The van der Waals surface area contributed by atoms with Gasteiger partial charge in [-0.05, 0) is 45.8 Å². The van der Waals surface area contributed by atoms with Gasteiger partial charge in [0.25, 0.3) is 0 Å². The van der Waals surface area contributed by atoms with Gasteiger partial charge in [0, 0.05) is 22.5 Å². The van der Waals surface area contributed by atoms with E-state index < -0.39 is 17.8 Å². The number of nitrogens with two attached hydrogens (primary N) is 1. The van der Waals surface area contributed by atoms with Crippen molar-refractivity contribution in [1.29, 1.82) is 0 Å². The first-order valence-corrected chi connectivity index (χ1v) is 7.81. The molecule has 0 aliphatic rings. The summed E-state index contributed by atoms with van der Waals surface area (Å²) in [6.45, 7) is 0. The Morgan fingerprint density at radius 1 is 1.24 bits per heavy atom. The normalized spacial score (nSPS) is 13.2. The highest BCUT2D eigenvalue weighted by Crippen LogP contribution is 2.31. The third-order valence-corrected chi connectivity index (χ3v) is 4.29. The van der Waals surface area contributed by atoms with Crippen molar-refractivity contribution in [1.82, 2.24) is 4.98 Å². The molecule has 0 spiro atoms. The number of thioether (sulfide) groups is 1. The minimum atomic E-state index is -4.35. The molecule has 2 rings (SSSR count). The molecule has 0 fully saturated rings. The molecule has 1 unspecified atom stereocenters. The molecule has 2 N–H and O–H groups in total.